The number of fused-ring (bicyclic) bond motifs is 18. The molecule has 24 rings (SSSR count). The van der Waals surface area contributed by atoms with Crippen molar-refractivity contribution in [3.8, 4) is 67.5 Å². The molecule has 147 heavy (non-hydrogen) atoms. The van der Waals surface area contributed by atoms with Crippen molar-refractivity contribution >= 4 is 100 Å². The predicted molar refractivity (Wildman–Crippen MR) is 602 cm³/mol. The lowest BCUT2D eigenvalue weighted by Gasteiger charge is -2.19. The number of aryl methyl sites for hydroxylation is 17. The van der Waals surface area contributed by atoms with Crippen LogP contribution in [0.5, 0.6) is 0 Å². The fraction of sp³-hybridized carbons (Fsp3) is 0.256. The highest BCUT2D eigenvalue weighted by Crippen LogP contribution is 2.41. The number of imidazole rings is 6. The molecule has 0 radical (unpaired) electrons. The maximum absolute atomic E-state index is 4.83. The fourth-order valence-corrected chi connectivity index (χ4v) is 21.5. The van der Waals surface area contributed by atoms with E-state index in [1.807, 2.05) is 42.5 Å². The van der Waals surface area contributed by atoms with Gasteiger partial charge in [-0.05, 0) is 288 Å². The molecular weight excluding hydrogens is 1800 g/mol. The molecule has 0 amide bonds. The fourth-order valence-electron chi connectivity index (χ4n) is 21.5. The molecule has 0 aliphatic rings. The van der Waals surface area contributed by atoms with Crippen molar-refractivity contribution in [3.63, 3.8) is 0 Å². The SMILES string of the molecule is Cc1c[n+](C)c(-c2c(C)ccc3nc4ccccn4c23)cc1C(C)C.Cc1c[n+](C)c(-c2c(C)ccc3nc4ccccn4c23)cc1CC(C)(C)C.Cc1cc(-c2c(C)ccc3nc4ccccn4c23)[n+](C)cc1C.Cc1ccc(-c2c(C)ccc3nc4ccccn4c23)[n+](C)c1.Cc1ccc2nc3ccccn3c2c1-c1cc(C(C)C)cc[n+]1C.Cc1ccc2nc3ccccn3c2c1-c1cc(CC(C)(C)C)cc[n+]1C. The highest BCUT2D eigenvalue weighted by atomic mass is 15.1. The minimum absolute atomic E-state index is 0.256. The summed E-state index contributed by atoms with van der Waals surface area (Å²) in [6.07, 6.45) is 27.9. The highest BCUT2D eigenvalue weighted by Gasteiger charge is 2.31. The van der Waals surface area contributed by atoms with Crippen LogP contribution in [0.3, 0.4) is 0 Å². The van der Waals surface area contributed by atoms with Crippen LogP contribution < -0.4 is 27.4 Å². The maximum atomic E-state index is 4.83. The number of hydrogen-bond donors (Lipinski definition) is 0. The molecule has 24 aromatic rings. The molecule has 0 bridgehead atoms. The molecule has 0 fully saturated rings. The van der Waals surface area contributed by atoms with E-state index < -0.39 is 0 Å². The summed E-state index contributed by atoms with van der Waals surface area (Å²) in [5.74, 6) is 1.01. The number of nitrogens with zero attached hydrogens (tertiary/aromatic N) is 18. The first-order valence-electron chi connectivity index (χ1n) is 51.4. The van der Waals surface area contributed by atoms with E-state index in [1.54, 1.807) is 0 Å². The van der Waals surface area contributed by atoms with E-state index >= 15 is 0 Å². The third kappa shape index (κ3) is 19.7. The number of aromatic nitrogens is 18. The van der Waals surface area contributed by atoms with Gasteiger partial charge in [-0.3, -0.25) is 26.4 Å². The lowest BCUT2D eigenvalue weighted by atomic mass is 9.86. The summed E-state index contributed by atoms with van der Waals surface area (Å²) in [6.45, 7) is 46.7. The molecule has 0 saturated carbocycles. The summed E-state index contributed by atoms with van der Waals surface area (Å²) in [4.78, 5) is 28.7. The summed E-state index contributed by atoms with van der Waals surface area (Å²) in [7, 11) is 12.7. The largest absolute Gasteiger partial charge is 0.299 e. The monoisotopic (exact) mass is 1940 g/mol. The number of benzene rings is 6. The van der Waals surface area contributed by atoms with Crippen molar-refractivity contribution in [3.05, 3.63) is 394 Å². The first kappa shape index (κ1) is 99.6. The Bertz CT molecular complexity index is 9250. The van der Waals surface area contributed by atoms with Crippen molar-refractivity contribution in [2.24, 2.45) is 53.1 Å². The predicted octanol–water partition coefficient (Wildman–Crippen LogP) is 26.7. The van der Waals surface area contributed by atoms with E-state index in [2.05, 4.69) is 510 Å². The van der Waals surface area contributed by atoms with Gasteiger partial charge in [-0.25, -0.2) is 57.3 Å². The summed E-state index contributed by atoms with van der Waals surface area (Å²) < 4.78 is 26.5. The number of rotatable bonds is 10. The first-order chi connectivity index (χ1) is 70.3. The van der Waals surface area contributed by atoms with Crippen LogP contribution in [0.25, 0.3) is 168 Å². The van der Waals surface area contributed by atoms with Crippen LogP contribution in [-0.2, 0) is 55.1 Å². The van der Waals surface area contributed by atoms with Crippen molar-refractivity contribution in [2.45, 2.75) is 170 Å². The summed E-state index contributed by atoms with van der Waals surface area (Å²) in [5.41, 5.74) is 54.4. The molecule has 18 nitrogen and oxygen atoms in total. The van der Waals surface area contributed by atoms with Gasteiger partial charge in [0.15, 0.2) is 37.2 Å². The van der Waals surface area contributed by atoms with Gasteiger partial charge in [0.2, 0.25) is 34.2 Å². The van der Waals surface area contributed by atoms with Gasteiger partial charge in [-0.2, -0.15) is 0 Å². The standard InChI is InChI=1S/C24H28N3.C23H26N3.C22H24N3.C21H22N3.C20H20N3.C19H18N3/c1-16-10-11-19-23(27-12-8-7-9-21(27)25-19)22(16)20-13-18(14-24(3,4)5)17(2)15-26(20)6;1-16-9-10-18-22(26-12-7-6-8-20(26)24-18)21(16)19-14-17(11-13-25(19)5)15-23(2,3)4;1-14(2)17-12-19(24(5)13-16(17)4)21-15(3)9-10-18-22(21)25-11-7-6-8-20(25)23-18;1-14(2)16-10-12-23(4)18(13-16)20-15(3)8-9-17-21(20)24-11-6-5-7-19(24)22-17;1-13-8-9-16-20(23-10-6-5-7-18(23)21-16)19(13)17-11-14(2)15(3)12-22(17)4;1-13-7-10-16(21(3)12-13)18-14(2)8-9-15-19(18)22-11-5-4-6-17(22)20-15/h7-13,15H,14H2,1-6H3;6-14H,15H2,1-5H3;6-14H,1-5H3;5-14H,1-4H3;5-12H,1-4H3;4-12H,1-3H3/q6*+1. The zero-order chi connectivity index (χ0) is 104. The van der Waals surface area contributed by atoms with Crippen LogP contribution in [0.1, 0.15) is 165 Å². The third-order valence-electron chi connectivity index (χ3n) is 28.9. The van der Waals surface area contributed by atoms with Gasteiger partial charge in [0.1, 0.15) is 76.2 Å². The average Bonchev–Trinajstić information content (AvgIpc) is 1.64. The van der Waals surface area contributed by atoms with Crippen LogP contribution in [-0.4, -0.2) is 56.3 Å². The van der Waals surface area contributed by atoms with E-state index in [0.717, 1.165) is 79.8 Å². The van der Waals surface area contributed by atoms with Gasteiger partial charge in [0.05, 0.1) is 99.6 Å². The Morgan fingerprint density at radius 3 is 0.864 bits per heavy atom. The van der Waals surface area contributed by atoms with Gasteiger partial charge < -0.3 is 0 Å². The van der Waals surface area contributed by atoms with E-state index in [1.165, 1.54) is 184 Å². The minimum atomic E-state index is 0.256. The van der Waals surface area contributed by atoms with Crippen LogP contribution >= 0.6 is 0 Å². The zero-order valence-corrected chi connectivity index (χ0v) is 90.6. The van der Waals surface area contributed by atoms with Crippen molar-refractivity contribution in [1.82, 2.24) is 56.3 Å². The smallest absolute Gasteiger partial charge is 0.215 e. The highest BCUT2D eigenvalue weighted by molar-refractivity contribution is 6.00. The summed E-state index contributed by atoms with van der Waals surface area (Å²) in [5, 5.41) is 0. The molecule has 0 saturated heterocycles. The molecule has 0 aliphatic heterocycles. The second-order valence-electron chi connectivity index (χ2n) is 43.5. The molecule has 18 heterocycles. The van der Waals surface area contributed by atoms with Gasteiger partial charge >= 0.3 is 0 Å². The Labute approximate surface area is 863 Å². The van der Waals surface area contributed by atoms with Crippen molar-refractivity contribution < 1.29 is 27.4 Å². The Morgan fingerprint density at radius 1 is 0.245 bits per heavy atom. The quantitative estimate of drug-likeness (QED) is 0.126. The van der Waals surface area contributed by atoms with Crippen molar-refractivity contribution in [2.75, 3.05) is 0 Å². The molecule has 0 N–H and O–H groups in total. The van der Waals surface area contributed by atoms with Gasteiger partial charge in [0.25, 0.3) is 0 Å². The van der Waals surface area contributed by atoms with Crippen LogP contribution in [0.4, 0.5) is 0 Å². The van der Waals surface area contributed by atoms with E-state index in [4.69, 9.17) is 29.9 Å². The first-order valence-corrected chi connectivity index (χ1v) is 51.4. The van der Waals surface area contributed by atoms with Crippen LogP contribution in [0.15, 0.2) is 311 Å². The normalized spacial score (nSPS) is 11.8. The molecule has 0 aliphatic carbocycles. The van der Waals surface area contributed by atoms with Gasteiger partial charge in [-0.1, -0.05) is 142 Å². The topological polar surface area (TPSA) is 127 Å². The lowest BCUT2D eigenvalue weighted by Crippen LogP contribution is -2.32. The van der Waals surface area contributed by atoms with E-state index in [9.17, 15) is 0 Å². The minimum Gasteiger partial charge on any atom is -0.299 e. The maximum Gasteiger partial charge on any atom is 0.215 e. The zero-order valence-electron chi connectivity index (χ0n) is 90.6. The molecule has 0 atom stereocenters. The Kier molecular flexibility index (Phi) is 27.2. The molecule has 0 unspecified atom stereocenters. The summed E-state index contributed by atoms with van der Waals surface area (Å²) >= 11 is 0. The molecule has 0 spiro atoms. The second kappa shape index (κ2) is 40.1. The van der Waals surface area contributed by atoms with Crippen LogP contribution in [0.2, 0.25) is 0 Å². The third-order valence-corrected chi connectivity index (χ3v) is 28.9. The molecule has 6 aromatic carbocycles. The number of pyridine rings is 12. The molecular formula is C129H138N18+6. The van der Waals surface area contributed by atoms with Crippen LogP contribution in [0, 0.1) is 87.0 Å². The van der Waals surface area contributed by atoms with E-state index in [-0.39, 0.29) is 10.8 Å². The Morgan fingerprint density at radius 2 is 0.537 bits per heavy atom. The van der Waals surface area contributed by atoms with Crippen molar-refractivity contribution in [1.29, 1.82) is 0 Å². The molecule has 18 aromatic heterocycles. The van der Waals surface area contributed by atoms with E-state index in [0.29, 0.717) is 11.8 Å². The lowest BCUT2D eigenvalue weighted by molar-refractivity contribution is -0.660. The molecule has 18 heteroatoms. The molecule has 738 valence electrons. The Hall–Kier alpha value is -16.1. The average molecular weight is 1940 g/mol. The van der Waals surface area contributed by atoms with Gasteiger partial charge in [-0.15, -0.1) is 0 Å². The van der Waals surface area contributed by atoms with Gasteiger partial charge in [0, 0.05) is 108 Å². The Balaban J connectivity index is 0.000000111. The summed E-state index contributed by atoms with van der Waals surface area (Å²) in [6, 6.07) is 83.2. The number of hydrogen-bond acceptors (Lipinski definition) is 6. The second-order valence-corrected chi connectivity index (χ2v) is 43.5.